The molecule has 1 N–H and O–H groups in total. The molecule has 4 rings (SSSR count). The molecule has 0 saturated carbocycles. The van der Waals surface area contributed by atoms with Crippen molar-refractivity contribution < 1.29 is 23.8 Å². The number of benzene rings is 3. The van der Waals surface area contributed by atoms with Crippen molar-refractivity contribution in [3.63, 3.8) is 0 Å². The maximum absolute atomic E-state index is 14.3. The van der Waals surface area contributed by atoms with Gasteiger partial charge in [0.05, 0.1) is 26.3 Å². The summed E-state index contributed by atoms with van der Waals surface area (Å²) in [5, 5.41) is 11.4. The number of para-hydroxylation sites is 1. The van der Waals surface area contributed by atoms with Crippen LogP contribution in [0.3, 0.4) is 0 Å². The highest BCUT2D eigenvalue weighted by atomic mass is 16.5. The number of rotatable bonds is 10. The molecular formula is C30H35N5O5. The van der Waals surface area contributed by atoms with Gasteiger partial charge < -0.3 is 19.5 Å². The van der Waals surface area contributed by atoms with Crippen molar-refractivity contribution in [3.8, 4) is 17.2 Å². The molecule has 0 saturated heterocycles. The Bertz CT molecular complexity index is 1480. The minimum absolute atomic E-state index is 0.153. The van der Waals surface area contributed by atoms with Crippen LogP contribution in [-0.2, 0) is 16.1 Å². The minimum atomic E-state index is -1.11. The fraction of sp³-hybridized carbons (Fsp3) is 0.333. The van der Waals surface area contributed by atoms with Crippen LogP contribution in [0.5, 0.6) is 17.2 Å². The average Bonchev–Trinajstić information content (AvgIpc) is 3.33. The standard InChI is InChI=1S/C30H35N5O5/c1-7-40-21-14-12-20(13-15-21)35(27(36)19-34-25-11-9-8-10-24(25)32-33-34)28(29(37)31-30(2,3)4)23-18-22(38-5)16-17-26(23)39-6/h8-18,28H,7,19H2,1-6H3,(H,31,37). The van der Waals surface area contributed by atoms with Crippen LogP contribution in [0.25, 0.3) is 11.0 Å². The lowest BCUT2D eigenvalue weighted by molar-refractivity contribution is -0.128. The van der Waals surface area contributed by atoms with Crippen molar-refractivity contribution in [1.82, 2.24) is 20.3 Å². The first-order valence-corrected chi connectivity index (χ1v) is 13.0. The summed E-state index contributed by atoms with van der Waals surface area (Å²) in [7, 11) is 3.07. The normalized spacial score (nSPS) is 12.1. The van der Waals surface area contributed by atoms with E-state index in [1.165, 1.54) is 16.7 Å². The van der Waals surface area contributed by atoms with Crippen LogP contribution < -0.4 is 24.4 Å². The second-order valence-electron chi connectivity index (χ2n) is 10.2. The van der Waals surface area contributed by atoms with Crippen molar-refractivity contribution in [3.05, 3.63) is 72.3 Å². The zero-order valence-electron chi connectivity index (χ0n) is 23.7. The maximum Gasteiger partial charge on any atom is 0.249 e. The Morgan fingerprint density at radius 3 is 2.33 bits per heavy atom. The lowest BCUT2D eigenvalue weighted by Crippen LogP contribution is -2.50. The van der Waals surface area contributed by atoms with Gasteiger partial charge in [-0.3, -0.25) is 14.5 Å². The summed E-state index contributed by atoms with van der Waals surface area (Å²) in [6, 6.07) is 18.5. The molecule has 10 heteroatoms. The summed E-state index contributed by atoms with van der Waals surface area (Å²) in [4.78, 5) is 29.8. The van der Waals surface area contributed by atoms with Gasteiger partial charge in [-0.1, -0.05) is 17.3 Å². The monoisotopic (exact) mass is 545 g/mol. The van der Waals surface area contributed by atoms with E-state index in [9.17, 15) is 9.59 Å². The molecule has 1 heterocycles. The van der Waals surface area contributed by atoms with E-state index >= 15 is 0 Å². The van der Waals surface area contributed by atoms with Crippen LogP contribution in [-0.4, -0.2) is 53.2 Å². The molecule has 1 unspecified atom stereocenters. The van der Waals surface area contributed by atoms with Crippen LogP contribution in [0.1, 0.15) is 39.3 Å². The van der Waals surface area contributed by atoms with E-state index in [0.29, 0.717) is 46.1 Å². The van der Waals surface area contributed by atoms with Crippen molar-refractivity contribution in [1.29, 1.82) is 0 Å². The molecule has 2 amide bonds. The summed E-state index contributed by atoms with van der Waals surface area (Å²) in [5.41, 5.74) is 1.76. The van der Waals surface area contributed by atoms with Crippen molar-refractivity contribution in [2.24, 2.45) is 0 Å². The summed E-state index contributed by atoms with van der Waals surface area (Å²) in [6.07, 6.45) is 0. The predicted octanol–water partition coefficient (Wildman–Crippen LogP) is 4.54. The second-order valence-corrected chi connectivity index (χ2v) is 10.2. The van der Waals surface area contributed by atoms with Gasteiger partial charge in [0, 0.05) is 16.8 Å². The number of amides is 2. The van der Waals surface area contributed by atoms with Crippen molar-refractivity contribution >= 4 is 28.5 Å². The maximum atomic E-state index is 14.3. The molecular weight excluding hydrogens is 510 g/mol. The SMILES string of the molecule is CCOc1ccc(N(C(=O)Cn2nnc3ccccc32)C(C(=O)NC(C)(C)C)c2cc(OC)ccc2OC)cc1. The lowest BCUT2D eigenvalue weighted by atomic mass is 9.99. The van der Waals surface area contributed by atoms with Gasteiger partial charge in [0.1, 0.15) is 35.4 Å². The first-order chi connectivity index (χ1) is 19.1. The van der Waals surface area contributed by atoms with Gasteiger partial charge in [0.25, 0.3) is 0 Å². The Labute approximate surface area is 233 Å². The first-order valence-electron chi connectivity index (χ1n) is 13.0. The van der Waals surface area contributed by atoms with E-state index in [-0.39, 0.29) is 18.4 Å². The van der Waals surface area contributed by atoms with Crippen LogP contribution in [0.15, 0.2) is 66.7 Å². The molecule has 0 aliphatic carbocycles. The Balaban J connectivity index is 1.89. The van der Waals surface area contributed by atoms with Crippen LogP contribution in [0.4, 0.5) is 5.69 Å². The van der Waals surface area contributed by atoms with E-state index in [1.54, 1.807) is 49.6 Å². The topological polar surface area (TPSA) is 108 Å². The lowest BCUT2D eigenvalue weighted by Gasteiger charge is -2.34. The molecule has 0 bridgehead atoms. The Morgan fingerprint density at radius 2 is 1.68 bits per heavy atom. The summed E-state index contributed by atoms with van der Waals surface area (Å²) in [6.45, 7) is 7.90. The van der Waals surface area contributed by atoms with Crippen LogP contribution >= 0.6 is 0 Å². The van der Waals surface area contributed by atoms with E-state index in [4.69, 9.17) is 14.2 Å². The Hall–Kier alpha value is -4.60. The summed E-state index contributed by atoms with van der Waals surface area (Å²) < 4.78 is 18.3. The van der Waals surface area contributed by atoms with Gasteiger partial charge in [0.2, 0.25) is 11.8 Å². The number of ether oxygens (including phenoxy) is 3. The van der Waals surface area contributed by atoms with Gasteiger partial charge in [-0.15, -0.1) is 5.10 Å². The fourth-order valence-corrected chi connectivity index (χ4v) is 4.43. The van der Waals surface area contributed by atoms with E-state index in [0.717, 1.165) is 0 Å². The first kappa shape index (κ1) is 28.4. The zero-order chi connectivity index (χ0) is 28.9. The molecule has 0 aliphatic heterocycles. The van der Waals surface area contributed by atoms with E-state index in [1.807, 2.05) is 52.0 Å². The molecule has 1 atom stereocenters. The molecule has 0 radical (unpaired) electrons. The number of fused-ring (bicyclic) bond motifs is 1. The molecule has 4 aromatic rings. The fourth-order valence-electron chi connectivity index (χ4n) is 4.43. The summed E-state index contributed by atoms with van der Waals surface area (Å²) >= 11 is 0. The smallest absolute Gasteiger partial charge is 0.249 e. The number of hydrogen-bond acceptors (Lipinski definition) is 7. The van der Waals surface area contributed by atoms with Crippen LogP contribution in [0.2, 0.25) is 0 Å². The van der Waals surface area contributed by atoms with Gasteiger partial charge in [0.15, 0.2) is 0 Å². The number of aromatic nitrogens is 3. The highest BCUT2D eigenvalue weighted by Gasteiger charge is 2.37. The van der Waals surface area contributed by atoms with Gasteiger partial charge >= 0.3 is 0 Å². The second kappa shape index (κ2) is 12.1. The number of carbonyl (C=O) groups excluding carboxylic acids is 2. The number of carbonyl (C=O) groups is 2. The molecule has 1 aromatic heterocycles. The van der Waals surface area contributed by atoms with Crippen LogP contribution in [0, 0.1) is 0 Å². The molecule has 3 aromatic carbocycles. The third-order valence-electron chi connectivity index (χ3n) is 6.14. The Morgan fingerprint density at radius 1 is 0.975 bits per heavy atom. The minimum Gasteiger partial charge on any atom is -0.497 e. The summed E-state index contributed by atoms with van der Waals surface area (Å²) in [5.74, 6) is 0.842. The molecule has 0 fully saturated rings. The largest absolute Gasteiger partial charge is 0.497 e. The molecule has 210 valence electrons. The van der Waals surface area contributed by atoms with Crippen molar-refractivity contribution in [2.45, 2.75) is 45.8 Å². The van der Waals surface area contributed by atoms with E-state index < -0.39 is 11.6 Å². The third-order valence-corrected chi connectivity index (χ3v) is 6.14. The number of nitrogens with one attached hydrogen (secondary N) is 1. The average molecular weight is 546 g/mol. The molecule has 10 nitrogen and oxygen atoms in total. The van der Waals surface area contributed by atoms with Gasteiger partial charge in [-0.05, 0) is 82.3 Å². The predicted molar refractivity (Wildman–Crippen MR) is 153 cm³/mol. The third kappa shape index (κ3) is 6.33. The number of nitrogens with zero attached hydrogens (tertiary/aromatic N) is 4. The molecule has 0 spiro atoms. The van der Waals surface area contributed by atoms with Crippen molar-refractivity contribution in [2.75, 3.05) is 25.7 Å². The number of anilines is 1. The quantitative estimate of drug-likeness (QED) is 0.312. The molecule has 40 heavy (non-hydrogen) atoms. The van der Waals surface area contributed by atoms with Gasteiger partial charge in [-0.2, -0.15) is 0 Å². The highest BCUT2D eigenvalue weighted by molar-refractivity contribution is 6.02. The molecule has 0 aliphatic rings. The van der Waals surface area contributed by atoms with Gasteiger partial charge in [-0.25, -0.2) is 4.68 Å². The zero-order valence-corrected chi connectivity index (χ0v) is 23.7. The van der Waals surface area contributed by atoms with E-state index in [2.05, 4.69) is 15.6 Å². The Kier molecular flexibility index (Phi) is 8.57. The number of hydrogen-bond donors (Lipinski definition) is 1. The highest BCUT2D eigenvalue weighted by Crippen LogP contribution is 2.37. The number of methoxy groups -OCH3 is 2.